The van der Waals surface area contributed by atoms with Crippen LogP contribution in [0.15, 0.2) is 29.2 Å². The molecule has 0 saturated carbocycles. The predicted molar refractivity (Wildman–Crippen MR) is 71.8 cm³/mol. The molecule has 6 heteroatoms. The summed E-state index contributed by atoms with van der Waals surface area (Å²) in [5.41, 5.74) is 0. The minimum absolute atomic E-state index is 0.151. The van der Waals surface area contributed by atoms with Gasteiger partial charge in [-0.2, -0.15) is 4.31 Å². The Kier molecular flexibility index (Phi) is 4.23. The summed E-state index contributed by atoms with van der Waals surface area (Å²) in [7, 11) is -3.52. The third-order valence-corrected chi connectivity index (χ3v) is 5.30. The summed E-state index contributed by atoms with van der Waals surface area (Å²) < 4.78 is 39.2. The molecule has 1 aromatic carbocycles. The molecule has 2 rings (SSSR count). The molecule has 0 aliphatic carbocycles. The summed E-state index contributed by atoms with van der Waals surface area (Å²) >= 11 is 0. The normalized spacial score (nSPS) is 21.8. The minimum Gasteiger partial charge on any atom is -0.311 e. The maximum atomic E-state index is 12.9. The van der Waals surface area contributed by atoms with Crippen molar-refractivity contribution < 1.29 is 12.8 Å². The highest BCUT2D eigenvalue weighted by molar-refractivity contribution is 7.89. The van der Waals surface area contributed by atoms with E-state index in [1.807, 2.05) is 0 Å². The molecule has 1 atom stereocenters. The summed E-state index contributed by atoms with van der Waals surface area (Å²) in [4.78, 5) is 0.151. The highest BCUT2D eigenvalue weighted by Crippen LogP contribution is 2.19. The zero-order chi connectivity index (χ0) is 14.0. The molecule has 1 aliphatic rings. The number of hydrogen-bond donors (Lipinski definition) is 1. The third kappa shape index (κ3) is 3.13. The van der Waals surface area contributed by atoms with Gasteiger partial charge in [-0.25, -0.2) is 12.8 Å². The van der Waals surface area contributed by atoms with E-state index in [2.05, 4.69) is 19.2 Å². The molecule has 0 amide bonds. The molecule has 1 aliphatic heterocycles. The van der Waals surface area contributed by atoms with Gasteiger partial charge < -0.3 is 5.32 Å². The third-order valence-electron chi connectivity index (χ3n) is 3.42. The molecule has 0 radical (unpaired) electrons. The summed E-state index contributed by atoms with van der Waals surface area (Å²) in [6.45, 7) is 5.67. The van der Waals surface area contributed by atoms with E-state index < -0.39 is 15.8 Å². The topological polar surface area (TPSA) is 49.4 Å². The number of hydrogen-bond acceptors (Lipinski definition) is 3. The Morgan fingerprint density at radius 3 is 2.53 bits per heavy atom. The van der Waals surface area contributed by atoms with Gasteiger partial charge >= 0.3 is 0 Å². The van der Waals surface area contributed by atoms with E-state index in [1.54, 1.807) is 0 Å². The molecule has 4 nitrogen and oxygen atoms in total. The molecule has 0 bridgehead atoms. The fourth-order valence-electron chi connectivity index (χ4n) is 2.17. The zero-order valence-electron chi connectivity index (χ0n) is 11.1. The van der Waals surface area contributed by atoms with Crippen molar-refractivity contribution >= 4 is 10.0 Å². The lowest BCUT2D eigenvalue weighted by atomic mass is 10.0. The van der Waals surface area contributed by atoms with Crippen molar-refractivity contribution in [1.29, 1.82) is 0 Å². The Bertz CT molecular complexity index is 528. The van der Waals surface area contributed by atoms with Gasteiger partial charge in [0, 0.05) is 25.7 Å². The van der Waals surface area contributed by atoms with Gasteiger partial charge in [-0.3, -0.25) is 0 Å². The highest BCUT2D eigenvalue weighted by atomic mass is 32.2. The van der Waals surface area contributed by atoms with Crippen molar-refractivity contribution in [3.05, 3.63) is 30.1 Å². The lowest BCUT2D eigenvalue weighted by Gasteiger charge is -2.34. The van der Waals surface area contributed by atoms with Crippen molar-refractivity contribution in [1.82, 2.24) is 9.62 Å². The van der Waals surface area contributed by atoms with Crippen LogP contribution < -0.4 is 5.32 Å². The van der Waals surface area contributed by atoms with Crippen LogP contribution in [0.1, 0.15) is 13.8 Å². The number of nitrogens with one attached hydrogen (secondary N) is 1. The Morgan fingerprint density at radius 1 is 1.32 bits per heavy atom. The minimum atomic E-state index is -3.52. The fraction of sp³-hybridized carbons (Fsp3) is 0.538. The Labute approximate surface area is 113 Å². The standard InChI is InChI=1S/C13H19FN2O2S/c1-10(2)13-9-16(8-7-15-13)19(17,18)12-5-3-11(14)4-6-12/h3-6,10,13,15H,7-9H2,1-2H3. The largest absolute Gasteiger partial charge is 0.311 e. The van der Waals surface area contributed by atoms with Crippen LogP contribution >= 0.6 is 0 Å². The molecule has 106 valence electrons. The fourth-order valence-corrected chi connectivity index (χ4v) is 3.64. The monoisotopic (exact) mass is 286 g/mol. The Morgan fingerprint density at radius 2 is 1.95 bits per heavy atom. The summed E-state index contributed by atoms with van der Waals surface area (Å²) in [6, 6.07) is 5.14. The lowest BCUT2D eigenvalue weighted by molar-refractivity contribution is 0.256. The van der Waals surface area contributed by atoms with Crippen molar-refractivity contribution in [3.63, 3.8) is 0 Å². The maximum Gasteiger partial charge on any atom is 0.243 e. The first-order valence-electron chi connectivity index (χ1n) is 6.40. The number of benzene rings is 1. The van der Waals surface area contributed by atoms with E-state index in [0.29, 0.717) is 25.6 Å². The average Bonchev–Trinajstić information content (AvgIpc) is 2.39. The second kappa shape index (κ2) is 5.56. The van der Waals surface area contributed by atoms with Crippen LogP contribution in [0, 0.1) is 11.7 Å². The van der Waals surface area contributed by atoms with Crippen molar-refractivity contribution in [2.24, 2.45) is 5.92 Å². The number of sulfonamides is 1. The number of nitrogens with zero attached hydrogens (tertiary/aromatic N) is 1. The molecule has 0 spiro atoms. The first-order chi connectivity index (χ1) is 8.91. The van der Waals surface area contributed by atoms with E-state index in [4.69, 9.17) is 0 Å². The van der Waals surface area contributed by atoms with Crippen LogP contribution in [-0.2, 0) is 10.0 Å². The lowest BCUT2D eigenvalue weighted by Crippen LogP contribution is -2.54. The Balaban J connectivity index is 2.22. The van der Waals surface area contributed by atoms with Crippen molar-refractivity contribution in [2.75, 3.05) is 19.6 Å². The molecule has 19 heavy (non-hydrogen) atoms. The van der Waals surface area contributed by atoms with Crippen LogP contribution in [0.3, 0.4) is 0 Å². The quantitative estimate of drug-likeness (QED) is 0.915. The highest BCUT2D eigenvalue weighted by Gasteiger charge is 2.30. The van der Waals surface area contributed by atoms with E-state index in [1.165, 1.54) is 28.6 Å². The molecule has 1 unspecified atom stereocenters. The molecule has 0 aromatic heterocycles. The molecule has 1 aromatic rings. The molecule has 1 fully saturated rings. The predicted octanol–water partition coefficient (Wildman–Crippen LogP) is 1.44. The first-order valence-corrected chi connectivity index (χ1v) is 7.84. The molecular weight excluding hydrogens is 267 g/mol. The summed E-state index contributed by atoms with van der Waals surface area (Å²) in [5, 5.41) is 3.32. The maximum absolute atomic E-state index is 12.9. The number of rotatable bonds is 3. The van der Waals surface area contributed by atoms with E-state index in [0.717, 1.165) is 0 Å². The van der Waals surface area contributed by atoms with E-state index >= 15 is 0 Å². The van der Waals surface area contributed by atoms with Gasteiger partial charge in [0.2, 0.25) is 10.0 Å². The Hall–Kier alpha value is -0.980. The van der Waals surface area contributed by atoms with Crippen LogP contribution in [0.25, 0.3) is 0 Å². The number of halogens is 1. The zero-order valence-corrected chi connectivity index (χ0v) is 12.0. The first kappa shape index (κ1) is 14.4. The van der Waals surface area contributed by atoms with Crippen LogP contribution in [-0.4, -0.2) is 38.4 Å². The molecule has 1 saturated heterocycles. The van der Waals surface area contributed by atoms with Crippen molar-refractivity contribution in [2.45, 2.75) is 24.8 Å². The van der Waals surface area contributed by atoms with Crippen LogP contribution in [0.2, 0.25) is 0 Å². The second-order valence-electron chi connectivity index (χ2n) is 5.12. The molecule has 1 heterocycles. The second-order valence-corrected chi connectivity index (χ2v) is 7.06. The van der Waals surface area contributed by atoms with Crippen LogP contribution in [0.4, 0.5) is 4.39 Å². The number of piperazine rings is 1. The van der Waals surface area contributed by atoms with Gasteiger partial charge in [0.05, 0.1) is 4.90 Å². The average molecular weight is 286 g/mol. The van der Waals surface area contributed by atoms with E-state index in [-0.39, 0.29) is 10.9 Å². The van der Waals surface area contributed by atoms with Gasteiger partial charge in [0.25, 0.3) is 0 Å². The van der Waals surface area contributed by atoms with Crippen molar-refractivity contribution in [3.8, 4) is 0 Å². The van der Waals surface area contributed by atoms with Gasteiger partial charge in [-0.15, -0.1) is 0 Å². The molecule has 1 N–H and O–H groups in total. The van der Waals surface area contributed by atoms with Gasteiger partial charge in [-0.05, 0) is 30.2 Å². The van der Waals surface area contributed by atoms with Gasteiger partial charge in [-0.1, -0.05) is 13.8 Å². The van der Waals surface area contributed by atoms with Gasteiger partial charge in [0.15, 0.2) is 0 Å². The summed E-state index contributed by atoms with van der Waals surface area (Å²) in [5.74, 6) is -0.0643. The SMILES string of the molecule is CC(C)C1CN(S(=O)(=O)c2ccc(F)cc2)CCN1. The summed E-state index contributed by atoms with van der Waals surface area (Å²) in [6.07, 6.45) is 0. The molecular formula is C13H19FN2O2S. The smallest absolute Gasteiger partial charge is 0.243 e. The van der Waals surface area contributed by atoms with Crippen LogP contribution in [0.5, 0.6) is 0 Å². The van der Waals surface area contributed by atoms with E-state index in [9.17, 15) is 12.8 Å². The van der Waals surface area contributed by atoms with Gasteiger partial charge in [0.1, 0.15) is 5.82 Å².